The number of carbonyl (C=O) groups excluding carboxylic acids is 1. The molecule has 2 heterocycles. The quantitative estimate of drug-likeness (QED) is 0.890. The number of hydrogen-bond acceptors (Lipinski definition) is 4. The minimum atomic E-state index is -1.09. The van der Waals surface area contributed by atoms with Crippen LogP contribution in [-0.4, -0.2) is 63.5 Å². The van der Waals surface area contributed by atoms with E-state index in [0.717, 1.165) is 13.1 Å². The van der Waals surface area contributed by atoms with Crippen molar-refractivity contribution in [1.82, 2.24) is 14.8 Å². The van der Waals surface area contributed by atoms with E-state index in [0.29, 0.717) is 18.7 Å². The molecule has 1 N–H and O–H groups in total. The van der Waals surface area contributed by atoms with Crippen molar-refractivity contribution in [1.29, 1.82) is 0 Å². The van der Waals surface area contributed by atoms with Crippen molar-refractivity contribution in [2.45, 2.75) is 26.3 Å². The summed E-state index contributed by atoms with van der Waals surface area (Å²) in [4.78, 5) is 31.0. The lowest BCUT2D eigenvalue weighted by Crippen LogP contribution is -2.54. The number of carbonyl (C=O) groups is 2. The van der Waals surface area contributed by atoms with Crippen molar-refractivity contribution in [2.75, 3.05) is 26.2 Å². The normalized spacial score (nSPS) is 16.8. The van der Waals surface area contributed by atoms with E-state index in [1.165, 1.54) is 18.3 Å². The third-order valence-electron chi connectivity index (χ3n) is 3.75. The zero-order valence-corrected chi connectivity index (χ0v) is 12.7. The van der Waals surface area contributed by atoms with Gasteiger partial charge in [-0.2, -0.15) is 0 Å². The van der Waals surface area contributed by atoms with Crippen LogP contribution in [0.4, 0.5) is 0 Å². The number of nitrogens with zero attached hydrogens (tertiary/aromatic N) is 3. The predicted molar refractivity (Wildman–Crippen MR) is 78.4 cm³/mol. The Morgan fingerprint density at radius 2 is 1.76 bits per heavy atom. The molecule has 21 heavy (non-hydrogen) atoms. The largest absolute Gasteiger partial charge is 0.477 e. The molecule has 1 aliphatic heterocycles. The van der Waals surface area contributed by atoms with Crippen molar-refractivity contribution in [3.63, 3.8) is 0 Å². The molecule has 1 amide bonds. The van der Waals surface area contributed by atoms with Crippen LogP contribution in [0.15, 0.2) is 18.3 Å². The zero-order valence-electron chi connectivity index (χ0n) is 12.7. The summed E-state index contributed by atoms with van der Waals surface area (Å²) in [5.41, 5.74) is 0.494. The van der Waals surface area contributed by atoms with Crippen LogP contribution >= 0.6 is 0 Å². The molecule has 0 saturated carbocycles. The Morgan fingerprint density at radius 3 is 2.19 bits per heavy atom. The third-order valence-corrected chi connectivity index (χ3v) is 3.75. The van der Waals surface area contributed by atoms with Gasteiger partial charge in [-0.05, 0) is 32.9 Å². The molecule has 0 bridgehead atoms. The maximum atomic E-state index is 12.4. The van der Waals surface area contributed by atoms with Crippen molar-refractivity contribution >= 4 is 11.9 Å². The summed E-state index contributed by atoms with van der Waals surface area (Å²) < 4.78 is 0. The van der Waals surface area contributed by atoms with E-state index < -0.39 is 5.97 Å². The highest BCUT2D eigenvalue weighted by Crippen LogP contribution is 2.17. The molecule has 1 saturated heterocycles. The van der Waals surface area contributed by atoms with E-state index in [4.69, 9.17) is 5.11 Å². The number of carboxylic acid groups (broad SMARTS) is 1. The van der Waals surface area contributed by atoms with Gasteiger partial charge in [0.1, 0.15) is 5.69 Å². The molecule has 1 aromatic rings. The molecule has 114 valence electrons. The minimum Gasteiger partial charge on any atom is -0.477 e. The van der Waals surface area contributed by atoms with E-state index in [2.05, 4.69) is 30.7 Å². The average Bonchev–Trinajstić information content (AvgIpc) is 2.46. The minimum absolute atomic E-state index is 0.0518. The Morgan fingerprint density at radius 1 is 1.14 bits per heavy atom. The third kappa shape index (κ3) is 3.58. The second kappa shape index (κ2) is 5.81. The fourth-order valence-electron chi connectivity index (χ4n) is 2.41. The maximum Gasteiger partial charge on any atom is 0.354 e. The second-order valence-electron chi connectivity index (χ2n) is 6.19. The highest BCUT2D eigenvalue weighted by Gasteiger charge is 2.28. The Labute approximate surface area is 124 Å². The van der Waals surface area contributed by atoms with Crippen molar-refractivity contribution in [3.8, 4) is 0 Å². The lowest BCUT2D eigenvalue weighted by Gasteiger charge is -2.42. The summed E-state index contributed by atoms with van der Waals surface area (Å²) in [5, 5.41) is 8.81. The predicted octanol–water partition coefficient (Wildman–Crippen LogP) is 1.34. The zero-order chi connectivity index (χ0) is 15.6. The number of pyridine rings is 1. The number of aromatic carboxylic acids is 1. The fourth-order valence-corrected chi connectivity index (χ4v) is 2.41. The Bertz CT molecular complexity index is 526. The lowest BCUT2D eigenvalue weighted by atomic mass is 10.0. The monoisotopic (exact) mass is 291 g/mol. The number of rotatable bonds is 2. The van der Waals surface area contributed by atoms with Crippen molar-refractivity contribution in [2.24, 2.45) is 0 Å². The summed E-state index contributed by atoms with van der Waals surface area (Å²) in [5.74, 6) is -1.18. The van der Waals surface area contributed by atoms with Gasteiger partial charge in [0.05, 0.1) is 5.56 Å². The molecule has 0 atom stereocenters. The van der Waals surface area contributed by atoms with Crippen LogP contribution in [0.1, 0.15) is 41.6 Å². The summed E-state index contributed by atoms with van der Waals surface area (Å²) in [6, 6.07) is 2.88. The standard InChI is InChI=1S/C15H21N3O3/c1-15(2,3)18-8-6-17(7-9-18)13(19)11-4-5-12(14(20)21)16-10-11/h4-5,10H,6-9H2,1-3H3,(H,20,21). The first-order chi connectivity index (χ1) is 9.79. The fraction of sp³-hybridized carbons (Fsp3) is 0.533. The van der Waals surface area contributed by atoms with Gasteiger partial charge < -0.3 is 10.0 Å². The summed E-state index contributed by atoms with van der Waals surface area (Å²) in [7, 11) is 0. The summed E-state index contributed by atoms with van der Waals surface area (Å²) in [6.07, 6.45) is 1.34. The smallest absolute Gasteiger partial charge is 0.354 e. The van der Waals surface area contributed by atoms with E-state index >= 15 is 0 Å². The van der Waals surface area contributed by atoms with Crippen molar-refractivity contribution < 1.29 is 14.7 Å². The van der Waals surface area contributed by atoms with E-state index in [-0.39, 0.29) is 17.1 Å². The topological polar surface area (TPSA) is 73.7 Å². The summed E-state index contributed by atoms with van der Waals surface area (Å²) >= 11 is 0. The maximum absolute atomic E-state index is 12.4. The highest BCUT2D eigenvalue weighted by molar-refractivity contribution is 5.95. The van der Waals surface area contributed by atoms with Crippen LogP contribution in [0.2, 0.25) is 0 Å². The van der Waals surface area contributed by atoms with Gasteiger partial charge in [-0.25, -0.2) is 9.78 Å². The molecule has 0 aliphatic carbocycles. The van der Waals surface area contributed by atoms with Gasteiger partial charge in [0, 0.05) is 37.9 Å². The SMILES string of the molecule is CC(C)(C)N1CCN(C(=O)c2ccc(C(=O)O)nc2)CC1. The molecule has 6 nitrogen and oxygen atoms in total. The number of carboxylic acids is 1. The lowest BCUT2D eigenvalue weighted by molar-refractivity contribution is 0.0450. The van der Waals surface area contributed by atoms with Crippen LogP contribution < -0.4 is 0 Å². The molecule has 1 fully saturated rings. The van der Waals surface area contributed by atoms with Gasteiger partial charge in [-0.3, -0.25) is 9.69 Å². The molecule has 0 spiro atoms. The second-order valence-corrected chi connectivity index (χ2v) is 6.19. The van der Waals surface area contributed by atoms with Crippen LogP contribution in [0.3, 0.4) is 0 Å². The first-order valence-corrected chi connectivity index (χ1v) is 7.03. The first kappa shape index (κ1) is 15.4. The van der Waals surface area contributed by atoms with Gasteiger partial charge in [0.15, 0.2) is 0 Å². The van der Waals surface area contributed by atoms with E-state index in [9.17, 15) is 9.59 Å². The molecular formula is C15H21N3O3. The van der Waals surface area contributed by atoms with Gasteiger partial charge in [-0.1, -0.05) is 0 Å². The molecule has 0 unspecified atom stereocenters. The van der Waals surface area contributed by atoms with Gasteiger partial charge in [-0.15, -0.1) is 0 Å². The number of amides is 1. The Hall–Kier alpha value is -1.95. The molecule has 1 aliphatic rings. The van der Waals surface area contributed by atoms with Crippen molar-refractivity contribution in [3.05, 3.63) is 29.6 Å². The molecular weight excluding hydrogens is 270 g/mol. The Kier molecular flexibility index (Phi) is 4.27. The first-order valence-electron chi connectivity index (χ1n) is 7.03. The van der Waals surface area contributed by atoms with Crippen LogP contribution in [0.25, 0.3) is 0 Å². The van der Waals surface area contributed by atoms with Crippen LogP contribution in [-0.2, 0) is 0 Å². The Balaban J connectivity index is 2.00. The molecule has 2 rings (SSSR count). The van der Waals surface area contributed by atoms with E-state index in [1.54, 1.807) is 4.90 Å². The molecule has 0 radical (unpaired) electrons. The summed E-state index contributed by atoms with van der Waals surface area (Å²) in [6.45, 7) is 9.54. The van der Waals surface area contributed by atoms with Gasteiger partial charge in [0.25, 0.3) is 5.91 Å². The average molecular weight is 291 g/mol. The van der Waals surface area contributed by atoms with Gasteiger partial charge >= 0.3 is 5.97 Å². The molecule has 0 aromatic carbocycles. The van der Waals surface area contributed by atoms with Crippen LogP contribution in [0, 0.1) is 0 Å². The number of aromatic nitrogens is 1. The molecule has 1 aromatic heterocycles. The van der Waals surface area contributed by atoms with Crippen LogP contribution in [0.5, 0.6) is 0 Å². The molecule has 6 heteroatoms. The van der Waals surface area contributed by atoms with E-state index in [1.807, 2.05) is 0 Å². The number of piperazine rings is 1. The van der Waals surface area contributed by atoms with Gasteiger partial charge in [0.2, 0.25) is 0 Å². The number of hydrogen-bond donors (Lipinski definition) is 1. The highest BCUT2D eigenvalue weighted by atomic mass is 16.4.